The van der Waals surface area contributed by atoms with Crippen LogP contribution in [0.15, 0.2) is 0 Å². The van der Waals surface area contributed by atoms with E-state index in [4.69, 9.17) is 5.73 Å². The maximum atomic E-state index is 10.3. The topological polar surface area (TPSA) is 72.2 Å². The summed E-state index contributed by atoms with van der Waals surface area (Å²) in [6.07, 6.45) is 0.138. The number of imide groups is 1. The Hall–Kier alpha value is -0.900. The van der Waals surface area contributed by atoms with Crippen LogP contribution in [0.1, 0.15) is 6.42 Å². The van der Waals surface area contributed by atoms with E-state index in [1.165, 1.54) is 0 Å². The molecule has 1 aliphatic heterocycles. The van der Waals surface area contributed by atoms with Crippen molar-refractivity contribution in [3.05, 3.63) is 0 Å². The molecule has 1 atom stereocenters. The molecule has 0 aromatic heterocycles. The summed E-state index contributed by atoms with van der Waals surface area (Å²) in [5.41, 5.74) is 5.14. The molecule has 8 heavy (non-hydrogen) atoms. The number of hydrogen-bond acceptors (Lipinski definition) is 3. The van der Waals surface area contributed by atoms with Crippen LogP contribution in [0.4, 0.5) is 0 Å². The van der Waals surface area contributed by atoms with Crippen LogP contribution >= 0.6 is 0 Å². The van der Waals surface area contributed by atoms with E-state index in [9.17, 15) is 9.59 Å². The van der Waals surface area contributed by atoms with Gasteiger partial charge in [-0.15, -0.1) is 0 Å². The standard InChI is InChI=1S/C4H6N2O2/c5-2-1-3(7)6-4(2)8/h2H,1,5H2,(H,6,7,8)/t2-/m1/s1. The molecule has 2 amide bonds. The van der Waals surface area contributed by atoms with E-state index in [0.717, 1.165) is 0 Å². The van der Waals surface area contributed by atoms with Crippen LogP contribution in [-0.2, 0) is 9.59 Å². The van der Waals surface area contributed by atoms with Gasteiger partial charge in [0.2, 0.25) is 11.8 Å². The van der Waals surface area contributed by atoms with Crippen molar-refractivity contribution >= 4 is 11.8 Å². The van der Waals surface area contributed by atoms with Crippen molar-refractivity contribution in [3.63, 3.8) is 0 Å². The quantitative estimate of drug-likeness (QED) is 0.371. The van der Waals surface area contributed by atoms with Crippen LogP contribution in [0, 0.1) is 0 Å². The van der Waals surface area contributed by atoms with E-state index in [2.05, 4.69) is 5.32 Å². The van der Waals surface area contributed by atoms with Gasteiger partial charge in [-0.2, -0.15) is 0 Å². The number of hydrogen-bond donors (Lipinski definition) is 2. The number of nitrogens with two attached hydrogens (primary N) is 1. The van der Waals surface area contributed by atoms with Gasteiger partial charge in [0.15, 0.2) is 0 Å². The zero-order valence-corrected chi connectivity index (χ0v) is 4.18. The Morgan fingerprint density at radius 1 is 1.62 bits per heavy atom. The van der Waals surface area contributed by atoms with Gasteiger partial charge in [0.25, 0.3) is 0 Å². The molecule has 1 rings (SSSR count). The van der Waals surface area contributed by atoms with Crippen LogP contribution in [0.3, 0.4) is 0 Å². The molecule has 4 nitrogen and oxygen atoms in total. The van der Waals surface area contributed by atoms with Crippen molar-refractivity contribution in [1.29, 1.82) is 0 Å². The molecule has 4 heteroatoms. The van der Waals surface area contributed by atoms with Crippen LogP contribution in [0.2, 0.25) is 0 Å². The average molecular weight is 114 g/mol. The van der Waals surface area contributed by atoms with Crippen LogP contribution in [0.25, 0.3) is 0 Å². The minimum atomic E-state index is -0.609. The fraction of sp³-hybridized carbons (Fsp3) is 0.500. The Morgan fingerprint density at radius 2 is 2.25 bits per heavy atom. The maximum absolute atomic E-state index is 10.3. The van der Waals surface area contributed by atoms with Gasteiger partial charge in [-0.1, -0.05) is 0 Å². The second kappa shape index (κ2) is 1.56. The molecular formula is C4H6N2O2. The molecule has 0 bridgehead atoms. The molecule has 3 N–H and O–H groups in total. The predicted molar refractivity (Wildman–Crippen MR) is 25.7 cm³/mol. The Balaban J connectivity index is 2.64. The van der Waals surface area contributed by atoms with E-state index in [0.29, 0.717) is 0 Å². The lowest BCUT2D eigenvalue weighted by Gasteiger charge is -1.89. The zero-order chi connectivity index (χ0) is 6.15. The van der Waals surface area contributed by atoms with Crippen molar-refractivity contribution < 1.29 is 9.59 Å². The minimum absolute atomic E-state index is 0.138. The first kappa shape index (κ1) is 5.24. The number of carbonyl (C=O) groups excluding carboxylic acids is 2. The van der Waals surface area contributed by atoms with Crippen LogP contribution in [-0.4, -0.2) is 17.9 Å². The lowest BCUT2D eigenvalue weighted by molar-refractivity contribution is -0.125. The Kier molecular flexibility index (Phi) is 1.02. The largest absolute Gasteiger partial charge is 0.319 e. The fourth-order valence-corrected chi connectivity index (χ4v) is 0.574. The molecule has 1 saturated heterocycles. The van der Waals surface area contributed by atoms with Gasteiger partial charge in [0, 0.05) is 0 Å². The van der Waals surface area contributed by atoms with E-state index in [1.807, 2.05) is 0 Å². The third-order valence-corrected chi connectivity index (χ3v) is 1.00. The van der Waals surface area contributed by atoms with E-state index in [-0.39, 0.29) is 18.2 Å². The predicted octanol–water partition coefficient (Wildman–Crippen LogP) is -1.64. The van der Waals surface area contributed by atoms with E-state index in [1.54, 1.807) is 0 Å². The summed E-state index contributed by atoms with van der Waals surface area (Å²) < 4.78 is 0. The third-order valence-electron chi connectivity index (χ3n) is 1.00. The first-order chi connectivity index (χ1) is 3.70. The van der Waals surface area contributed by atoms with E-state index < -0.39 is 6.04 Å². The second-order valence-corrected chi connectivity index (χ2v) is 1.72. The lowest BCUT2D eigenvalue weighted by atomic mass is 10.3. The van der Waals surface area contributed by atoms with Crippen LogP contribution in [0.5, 0.6) is 0 Å². The third kappa shape index (κ3) is 0.696. The van der Waals surface area contributed by atoms with Gasteiger partial charge in [0.05, 0.1) is 12.5 Å². The molecule has 1 heterocycles. The van der Waals surface area contributed by atoms with Gasteiger partial charge in [-0.3, -0.25) is 14.9 Å². The first-order valence-electron chi connectivity index (χ1n) is 2.29. The van der Waals surface area contributed by atoms with Crippen molar-refractivity contribution in [2.45, 2.75) is 12.5 Å². The Morgan fingerprint density at radius 3 is 2.38 bits per heavy atom. The minimum Gasteiger partial charge on any atom is -0.319 e. The monoisotopic (exact) mass is 114 g/mol. The summed E-state index contributed by atoms with van der Waals surface area (Å²) in [6.45, 7) is 0. The Bertz CT molecular complexity index is 143. The smallest absolute Gasteiger partial charge is 0.243 e. The SMILES string of the molecule is N[C@@H]1CC(=O)NC1=O. The molecule has 0 aromatic rings. The first-order valence-corrected chi connectivity index (χ1v) is 2.29. The van der Waals surface area contributed by atoms with Crippen molar-refractivity contribution in [2.24, 2.45) is 5.73 Å². The van der Waals surface area contributed by atoms with Gasteiger partial charge in [-0.25, -0.2) is 0 Å². The number of nitrogens with one attached hydrogen (secondary N) is 1. The fourth-order valence-electron chi connectivity index (χ4n) is 0.574. The summed E-state index contributed by atoms with van der Waals surface area (Å²) in [7, 11) is 0. The summed E-state index contributed by atoms with van der Waals surface area (Å²) in [4.78, 5) is 20.6. The molecule has 0 aliphatic carbocycles. The summed E-state index contributed by atoms with van der Waals surface area (Å²) >= 11 is 0. The lowest BCUT2D eigenvalue weighted by Crippen LogP contribution is -2.30. The molecule has 0 unspecified atom stereocenters. The molecule has 1 aliphatic rings. The highest BCUT2D eigenvalue weighted by atomic mass is 16.2. The molecule has 0 aromatic carbocycles. The normalized spacial score (nSPS) is 28.4. The highest BCUT2D eigenvalue weighted by Gasteiger charge is 2.26. The van der Waals surface area contributed by atoms with Gasteiger partial charge < -0.3 is 5.73 Å². The molecule has 0 saturated carbocycles. The summed E-state index contributed by atoms with van der Waals surface area (Å²) in [5, 5.41) is 2.06. The van der Waals surface area contributed by atoms with Gasteiger partial charge >= 0.3 is 0 Å². The van der Waals surface area contributed by atoms with Gasteiger partial charge in [0.1, 0.15) is 0 Å². The molecule has 0 spiro atoms. The molecule has 44 valence electrons. The van der Waals surface area contributed by atoms with Crippen molar-refractivity contribution in [2.75, 3.05) is 0 Å². The van der Waals surface area contributed by atoms with Crippen LogP contribution < -0.4 is 11.1 Å². The van der Waals surface area contributed by atoms with Gasteiger partial charge in [-0.05, 0) is 0 Å². The molecule has 0 radical (unpaired) electrons. The van der Waals surface area contributed by atoms with Crippen molar-refractivity contribution in [3.8, 4) is 0 Å². The van der Waals surface area contributed by atoms with Crippen molar-refractivity contribution in [1.82, 2.24) is 5.32 Å². The molecule has 1 fully saturated rings. The summed E-state index contributed by atoms with van der Waals surface area (Å²) in [5.74, 6) is -0.641. The number of carbonyl (C=O) groups is 2. The average Bonchev–Trinajstić information content (AvgIpc) is 1.85. The molecular weight excluding hydrogens is 108 g/mol. The zero-order valence-electron chi connectivity index (χ0n) is 4.18. The van der Waals surface area contributed by atoms with E-state index >= 15 is 0 Å². The summed E-state index contributed by atoms with van der Waals surface area (Å²) in [6, 6.07) is -0.609. The highest BCUT2D eigenvalue weighted by Crippen LogP contribution is 1.95. The Labute approximate surface area is 46.0 Å². The maximum Gasteiger partial charge on any atom is 0.243 e. The number of amides is 2. The number of rotatable bonds is 0. The second-order valence-electron chi connectivity index (χ2n) is 1.72. The highest BCUT2D eigenvalue weighted by molar-refractivity contribution is 6.05.